The van der Waals surface area contributed by atoms with E-state index in [-0.39, 0.29) is 0 Å². The first-order chi connectivity index (χ1) is 22.8. The summed E-state index contributed by atoms with van der Waals surface area (Å²) < 4.78 is 8.67. The van der Waals surface area contributed by atoms with Gasteiger partial charge in [-0.25, -0.2) is 9.97 Å². The van der Waals surface area contributed by atoms with Crippen molar-refractivity contribution in [2.75, 3.05) is 0 Å². The molecule has 0 aliphatic rings. The third kappa shape index (κ3) is 4.39. The van der Waals surface area contributed by atoms with E-state index >= 15 is 0 Å². The van der Waals surface area contributed by atoms with Gasteiger partial charge >= 0.3 is 0 Å². The third-order valence-corrected chi connectivity index (χ3v) is 8.66. The second-order valence-electron chi connectivity index (χ2n) is 11.5. The van der Waals surface area contributed by atoms with Crippen molar-refractivity contribution in [3.05, 3.63) is 164 Å². The summed E-state index contributed by atoms with van der Waals surface area (Å²) in [7, 11) is 0. The number of oxazole rings is 1. The SMILES string of the molecule is c1ccc(-c2ccc(-c3cc(-c4ccc(-c5c6ccccc6n6c5oc5ccccc56)cc4)nc(-c4ccccc4)n3)cc2)cc1. The zero-order valence-electron chi connectivity index (χ0n) is 24.8. The van der Waals surface area contributed by atoms with Gasteiger partial charge in [0.25, 0.3) is 0 Å². The van der Waals surface area contributed by atoms with Crippen molar-refractivity contribution in [2.24, 2.45) is 0 Å². The van der Waals surface area contributed by atoms with Crippen molar-refractivity contribution < 1.29 is 4.42 Å². The van der Waals surface area contributed by atoms with E-state index in [2.05, 4.69) is 132 Å². The van der Waals surface area contributed by atoms with E-state index in [0.717, 1.165) is 66.9 Å². The molecule has 3 heterocycles. The summed E-state index contributed by atoms with van der Waals surface area (Å²) in [5, 5.41) is 1.16. The topological polar surface area (TPSA) is 43.3 Å². The fourth-order valence-electron chi connectivity index (χ4n) is 6.39. The van der Waals surface area contributed by atoms with Crippen molar-refractivity contribution in [3.63, 3.8) is 0 Å². The molecular formula is C42H27N3O. The Morgan fingerprint density at radius 3 is 1.59 bits per heavy atom. The van der Waals surface area contributed by atoms with Crippen LogP contribution >= 0.6 is 0 Å². The van der Waals surface area contributed by atoms with E-state index in [1.54, 1.807) is 0 Å². The molecule has 0 saturated carbocycles. The Labute approximate surface area is 265 Å². The van der Waals surface area contributed by atoms with Gasteiger partial charge in [-0.05, 0) is 41.0 Å². The third-order valence-electron chi connectivity index (χ3n) is 8.66. The lowest BCUT2D eigenvalue weighted by atomic mass is 10.00. The van der Waals surface area contributed by atoms with Crippen LogP contribution in [-0.2, 0) is 0 Å². The van der Waals surface area contributed by atoms with E-state index in [1.807, 2.05) is 36.4 Å². The van der Waals surface area contributed by atoms with Gasteiger partial charge in [0.05, 0.1) is 28.0 Å². The van der Waals surface area contributed by atoms with Crippen LogP contribution in [0.2, 0.25) is 0 Å². The Hall–Kier alpha value is -6.26. The van der Waals surface area contributed by atoms with Crippen LogP contribution in [0.15, 0.2) is 168 Å². The van der Waals surface area contributed by atoms with E-state index in [4.69, 9.17) is 14.4 Å². The van der Waals surface area contributed by atoms with Crippen molar-refractivity contribution >= 4 is 27.7 Å². The molecule has 0 radical (unpaired) electrons. The molecule has 0 spiro atoms. The molecule has 0 unspecified atom stereocenters. The first kappa shape index (κ1) is 26.2. The molecule has 0 bridgehead atoms. The largest absolute Gasteiger partial charge is 0.438 e. The van der Waals surface area contributed by atoms with Crippen molar-refractivity contribution in [3.8, 4) is 56.2 Å². The van der Waals surface area contributed by atoms with Gasteiger partial charge in [-0.1, -0.05) is 140 Å². The highest BCUT2D eigenvalue weighted by atomic mass is 16.3. The molecular weight excluding hydrogens is 562 g/mol. The van der Waals surface area contributed by atoms with Crippen molar-refractivity contribution in [2.45, 2.75) is 0 Å². The number of nitrogens with zero attached hydrogens (tertiary/aromatic N) is 3. The maximum absolute atomic E-state index is 6.45. The first-order valence-corrected chi connectivity index (χ1v) is 15.4. The Kier molecular flexibility index (Phi) is 6.10. The second-order valence-corrected chi connectivity index (χ2v) is 11.5. The zero-order valence-corrected chi connectivity index (χ0v) is 24.8. The Morgan fingerprint density at radius 2 is 0.913 bits per heavy atom. The molecule has 9 rings (SSSR count). The van der Waals surface area contributed by atoms with Crippen LogP contribution in [0, 0.1) is 0 Å². The number of fused-ring (bicyclic) bond motifs is 5. The summed E-state index contributed by atoms with van der Waals surface area (Å²) in [6.07, 6.45) is 0. The average molecular weight is 590 g/mol. The fraction of sp³-hybridized carbons (Fsp3) is 0. The van der Waals surface area contributed by atoms with Gasteiger partial charge in [0.1, 0.15) is 0 Å². The molecule has 0 aliphatic heterocycles. The number of para-hydroxylation sites is 3. The minimum Gasteiger partial charge on any atom is -0.438 e. The fourth-order valence-corrected chi connectivity index (χ4v) is 6.39. The Bertz CT molecular complexity index is 2490. The number of hydrogen-bond acceptors (Lipinski definition) is 3. The molecule has 216 valence electrons. The molecule has 0 fully saturated rings. The maximum atomic E-state index is 6.45. The average Bonchev–Trinajstić information content (AvgIpc) is 3.67. The summed E-state index contributed by atoms with van der Waals surface area (Å²) in [5.74, 6) is 0.701. The predicted octanol–water partition coefficient (Wildman–Crippen LogP) is 11.0. The highest BCUT2D eigenvalue weighted by molar-refractivity contribution is 6.07. The van der Waals surface area contributed by atoms with Crippen molar-refractivity contribution in [1.82, 2.24) is 14.4 Å². The lowest BCUT2D eigenvalue weighted by Gasteiger charge is -2.10. The molecule has 46 heavy (non-hydrogen) atoms. The van der Waals surface area contributed by atoms with Gasteiger partial charge in [-0.2, -0.15) is 0 Å². The van der Waals surface area contributed by atoms with E-state index in [9.17, 15) is 0 Å². The number of aromatic nitrogens is 3. The second kappa shape index (κ2) is 10.7. The monoisotopic (exact) mass is 589 g/mol. The molecule has 0 saturated heterocycles. The first-order valence-electron chi connectivity index (χ1n) is 15.4. The van der Waals surface area contributed by atoms with Gasteiger partial charge in [-0.15, -0.1) is 0 Å². The minimum atomic E-state index is 0.701. The van der Waals surface area contributed by atoms with Gasteiger partial charge in [0.15, 0.2) is 11.4 Å². The van der Waals surface area contributed by atoms with E-state index < -0.39 is 0 Å². The maximum Gasteiger partial charge on any atom is 0.213 e. The quantitative estimate of drug-likeness (QED) is 0.201. The molecule has 0 amide bonds. The van der Waals surface area contributed by atoms with Crippen molar-refractivity contribution in [1.29, 1.82) is 0 Å². The lowest BCUT2D eigenvalue weighted by molar-refractivity contribution is 0.658. The molecule has 4 nitrogen and oxygen atoms in total. The van der Waals surface area contributed by atoms with Crippen LogP contribution < -0.4 is 0 Å². The number of hydrogen-bond donors (Lipinski definition) is 0. The number of rotatable bonds is 5. The van der Waals surface area contributed by atoms with Crippen LogP contribution in [0.3, 0.4) is 0 Å². The molecule has 6 aromatic carbocycles. The van der Waals surface area contributed by atoms with Gasteiger partial charge in [-0.3, -0.25) is 4.40 Å². The molecule has 0 N–H and O–H groups in total. The molecule has 4 heteroatoms. The predicted molar refractivity (Wildman–Crippen MR) is 187 cm³/mol. The smallest absolute Gasteiger partial charge is 0.213 e. The summed E-state index contributed by atoms with van der Waals surface area (Å²) in [6, 6.07) is 56.6. The molecule has 3 aromatic heterocycles. The van der Waals surface area contributed by atoms with Crippen LogP contribution in [0.25, 0.3) is 83.9 Å². The van der Waals surface area contributed by atoms with Crippen LogP contribution in [-0.4, -0.2) is 14.4 Å². The molecule has 9 aromatic rings. The normalized spacial score (nSPS) is 11.5. The van der Waals surface area contributed by atoms with E-state index in [1.165, 1.54) is 11.1 Å². The molecule has 0 atom stereocenters. The molecule has 0 aliphatic carbocycles. The summed E-state index contributed by atoms with van der Waals surface area (Å²) in [5.41, 5.74) is 13.3. The summed E-state index contributed by atoms with van der Waals surface area (Å²) in [4.78, 5) is 10.1. The van der Waals surface area contributed by atoms with Gasteiger partial charge < -0.3 is 4.42 Å². The highest BCUT2D eigenvalue weighted by Gasteiger charge is 2.19. The van der Waals surface area contributed by atoms with Gasteiger partial charge in [0.2, 0.25) is 5.71 Å². The lowest BCUT2D eigenvalue weighted by Crippen LogP contribution is -1.96. The van der Waals surface area contributed by atoms with Crippen LogP contribution in [0.4, 0.5) is 0 Å². The van der Waals surface area contributed by atoms with E-state index in [0.29, 0.717) is 5.82 Å². The van der Waals surface area contributed by atoms with Crippen LogP contribution in [0.1, 0.15) is 0 Å². The summed E-state index contributed by atoms with van der Waals surface area (Å²) >= 11 is 0. The van der Waals surface area contributed by atoms with Gasteiger partial charge in [0, 0.05) is 22.1 Å². The Morgan fingerprint density at radius 1 is 0.413 bits per heavy atom. The number of benzene rings is 6. The summed E-state index contributed by atoms with van der Waals surface area (Å²) in [6.45, 7) is 0. The highest BCUT2D eigenvalue weighted by Crippen LogP contribution is 2.40. The Balaban J connectivity index is 1.15. The standard InChI is InChI=1S/C42H27N3O/c1-3-11-28(12-4-1)29-19-21-30(22-20-29)35-27-36(44-41(43-35)33-13-5-2-6-14-33)31-23-25-32(26-24-31)40-34-15-7-8-16-37(34)45-38-17-9-10-18-39(38)46-42(40)45/h1-27H. The van der Waals surface area contributed by atoms with Crippen LogP contribution in [0.5, 0.6) is 0 Å². The zero-order chi connectivity index (χ0) is 30.5. The minimum absolute atomic E-state index is 0.701.